The standard InChI is InChI=1S/C26H23N3O5/c30-22(27-16-17-5-1-8-19(15-17)28-13-14-34-26(28)33)11-4-12-29-24(31)20-9-2-6-18-7-3-10-21(23(18)20)25(29)32/h1-3,5-10,15H,4,11-14,16H2,(H,27,30). The Bertz CT molecular complexity index is 1270. The quantitative estimate of drug-likeness (QED) is 0.548. The number of amides is 4. The van der Waals surface area contributed by atoms with Crippen LogP contribution >= 0.6 is 0 Å². The average molecular weight is 457 g/mol. The van der Waals surface area contributed by atoms with Gasteiger partial charge in [-0.05, 0) is 41.6 Å². The van der Waals surface area contributed by atoms with Crippen molar-refractivity contribution in [3.8, 4) is 0 Å². The molecular formula is C26H23N3O5. The number of anilines is 1. The molecule has 4 amide bonds. The maximum absolute atomic E-state index is 12.9. The van der Waals surface area contributed by atoms with E-state index in [0.29, 0.717) is 42.6 Å². The summed E-state index contributed by atoms with van der Waals surface area (Å²) in [5.74, 6) is -0.829. The number of hydrogen-bond donors (Lipinski definition) is 1. The molecule has 5 rings (SSSR count). The topological polar surface area (TPSA) is 96.0 Å². The van der Waals surface area contributed by atoms with Crippen molar-refractivity contribution in [1.82, 2.24) is 10.2 Å². The fourth-order valence-electron chi connectivity index (χ4n) is 4.43. The molecule has 2 aliphatic rings. The van der Waals surface area contributed by atoms with Crippen LogP contribution < -0.4 is 10.2 Å². The molecule has 0 spiro atoms. The zero-order chi connectivity index (χ0) is 23.7. The third-order valence-corrected chi connectivity index (χ3v) is 6.11. The molecule has 1 fully saturated rings. The Balaban J connectivity index is 1.16. The molecule has 2 heterocycles. The van der Waals surface area contributed by atoms with E-state index in [4.69, 9.17) is 4.74 Å². The molecule has 1 saturated heterocycles. The molecule has 0 bridgehead atoms. The first kappa shape index (κ1) is 21.6. The van der Waals surface area contributed by atoms with Crippen LogP contribution in [-0.2, 0) is 16.1 Å². The summed E-state index contributed by atoms with van der Waals surface area (Å²) >= 11 is 0. The second kappa shape index (κ2) is 8.97. The summed E-state index contributed by atoms with van der Waals surface area (Å²) in [5, 5.41) is 4.41. The van der Waals surface area contributed by atoms with Gasteiger partial charge in [-0.2, -0.15) is 0 Å². The number of benzene rings is 3. The number of nitrogens with one attached hydrogen (secondary N) is 1. The van der Waals surface area contributed by atoms with Crippen molar-refractivity contribution in [2.45, 2.75) is 19.4 Å². The molecule has 2 aliphatic heterocycles. The van der Waals surface area contributed by atoms with Gasteiger partial charge < -0.3 is 10.1 Å². The Morgan fingerprint density at radius 3 is 2.32 bits per heavy atom. The Hall–Kier alpha value is -4.20. The fraction of sp³-hybridized carbons (Fsp3) is 0.231. The Morgan fingerprint density at radius 2 is 1.65 bits per heavy atom. The van der Waals surface area contributed by atoms with Crippen LogP contribution in [0.25, 0.3) is 10.8 Å². The number of rotatable bonds is 7. The lowest BCUT2D eigenvalue weighted by Gasteiger charge is -2.27. The molecule has 172 valence electrons. The van der Waals surface area contributed by atoms with Gasteiger partial charge in [0.1, 0.15) is 6.61 Å². The van der Waals surface area contributed by atoms with Crippen molar-refractivity contribution in [3.05, 3.63) is 77.4 Å². The first-order valence-corrected chi connectivity index (χ1v) is 11.2. The molecule has 1 N–H and O–H groups in total. The zero-order valence-corrected chi connectivity index (χ0v) is 18.5. The summed E-state index contributed by atoms with van der Waals surface area (Å²) in [5.41, 5.74) is 2.61. The highest BCUT2D eigenvalue weighted by atomic mass is 16.6. The monoisotopic (exact) mass is 457 g/mol. The SMILES string of the molecule is O=C(CCCN1C(=O)c2cccc3cccc(c23)C1=O)NCc1cccc(N2CCOC2=O)c1. The number of carbonyl (C=O) groups is 4. The summed E-state index contributed by atoms with van der Waals surface area (Å²) in [6.45, 7) is 1.35. The van der Waals surface area contributed by atoms with Crippen LogP contribution in [0.2, 0.25) is 0 Å². The summed E-state index contributed by atoms with van der Waals surface area (Å²) in [4.78, 5) is 52.8. The Morgan fingerprint density at radius 1 is 0.941 bits per heavy atom. The maximum Gasteiger partial charge on any atom is 0.414 e. The lowest BCUT2D eigenvalue weighted by atomic mass is 9.94. The number of hydrogen-bond acceptors (Lipinski definition) is 5. The minimum absolute atomic E-state index is 0.169. The van der Waals surface area contributed by atoms with Gasteiger partial charge in [-0.25, -0.2) is 4.79 Å². The second-order valence-electron chi connectivity index (χ2n) is 8.29. The van der Waals surface area contributed by atoms with E-state index in [9.17, 15) is 19.2 Å². The molecule has 8 nitrogen and oxygen atoms in total. The summed E-state index contributed by atoms with van der Waals surface area (Å²) < 4.78 is 4.97. The van der Waals surface area contributed by atoms with Crippen LogP contribution in [0.15, 0.2) is 60.7 Å². The van der Waals surface area contributed by atoms with E-state index >= 15 is 0 Å². The first-order chi connectivity index (χ1) is 16.5. The van der Waals surface area contributed by atoms with Gasteiger partial charge in [-0.3, -0.25) is 24.2 Å². The second-order valence-corrected chi connectivity index (χ2v) is 8.29. The van der Waals surface area contributed by atoms with Gasteiger partial charge in [0.05, 0.1) is 6.54 Å². The summed E-state index contributed by atoms with van der Waals surface area (Å²) in [7, 11) is 0. The van der Waals surface area contributed by atoms with E-state index in [1.165, 1.54) is 4.90 Å². The van der Waals surface area contributed by atoms with Crippen LogP contribution in [-0.4, -0.2) is 48.4 Å². The number of imide groups is 1. The highest BCUT2D eigenvalue weighted by Gasteiger charge is 2.32. The zero-order valence-electron chi connectivity index (χ0n) is 18.5. The molecule has 8 heteroatoms. The van der Waals surface area contributed by atoms with Crippen molar-refractivity contribution >= 4 is 40.3 Å². The molecule has 0 unspecified atom stereocenters. The van der Waals surface area contributed by atoms with E-state index in [-0.39, 0.29) is 36.8 Å². The molecule has 3 aromatic rings. The van der Waals surface area contributed by atoms with Crippen molar-refractivity contribution in [3.63, 3.8) is 0 Å². The molecule has 0 radical (unpaired) electrons. The smallest absolute Gasteiger partial charge is 0.414 e. The lowest BCUT2D eigenvalue weighted by Crippen LogP contribution is -2.41. The molecule has 3 aromatic carbocycles. The van der Waals surface area contributed by atoms with E-state index in [0.717, 1.165) is 16.6 Å². The van der Waals surface area contributed by atoms with Gasteiger partial charge in [0.25, 0.3) is 11.8 Å². The van der Waals surface area contributed by atoms with Crippen LogP contribution in [0, 0.1) is 0 Å². The molecular weight excluding hydrogens is 434 g/mol. The average Bonchev–Trinajstić information content (AvgIpc) is 3.29. The number of cyclic esters (lactones) is 1. The van der Waals surface area contributed by atoms with E-state index < -0.39 is 0 Å². The van der Waals surface area contributed by atoms with Gasteiger partial charge in [-0.1, -0.05) is 36.4 Å². The normalized spacial score (nSPS) is 15.1. The number of carbonyl (C=O) groups excluding carboxylic acids is 4. The van der Waals surface area contributed by atoms with E-state index in [1.54, 1.807) is 17.0 Å². The van der Waals surface area contributed by atoms with Gasteiger partial charge in [0.15, 0.2) is 0 Å². The molecule has 0 aliphatic carbocycles. The van der Waals surface area contributed by atoms with Crippen molar-refractivity contribution in [1.29, 1.82) is 0 Å². The third-order valence-electron chi connectivity index (χ3n) is 6.11. The van der Waals surface area contributed by atoms with E-state index in [1.807, 2.05) is 48.5 Å². The summed E-state index contributed by atoms with van der Waals surface area (Å²) in [6, 6.07) is 18.2. The van der Waals surface area contributed by atoms with Gasteiger partial charge in [0, 0.05) is 41.7 Å². The summed E-state index contributed by atoms with van der Waals surface area (Å²) in [6.07, 6.45) is 0.171. The molecule has 0 atom stereocenters. The molecule has 0 aromatic heterocycles. The number of ether oxygens (including phenoxy) is 1. The van der Waals surface area contributed by atoms with Crippen molar-refractivity contribution in [2.75, 3.05) is 24.6 Å². The predicted octanol–water partition coefficient (Wildman–Crippen LogP) is 3.49. The van der Waals surface area contributed by atoms with Crippen molar-refractivity contribution < 1.29 is 23.9 Å². The Labute approximate surface area is 196 Å². The predicted molar refractivity (Wildman–Crippen MR) is 126 cm³/mol. The third kappa shape index (κ3) is 3.98. The molecule has 34 heavy (non-hydrogen) atoms. The minimum Gasteiger partial charge on any atom is -0.447 e. The largest absolute Gasteiger partial charge is 0.447 e. The minimum atomic E-state index is -0.373. The van der Waals surface area contributed by atoms with Crippen molar-refractivity contribution in [2.24, 2.45) is 0 Å². The molecule has 0 saturated carbocycles. The Kier molecular flexibility index (Phi) is 5.71. The van der Waals surface area contributed by atoms with Crippen LogP contribution in [0.1, 0.15) is 39.1 Å². The highest BCUT2D eigenvalue weighted by Crippen LogP contribution is 2.30. The highest BCUT2D eigenvalue weighted by molar-refractivity contribution is 6.25. The maximum atomic E-state index is 12.9. The van der Waals surface area contributed by atoms with Crippen LogP contribution in [0.5, 0.6) is 0 Å². The van der Waals surface area contributed by atoms with E-state index in [2.05, 4.69) is 5.32 Å². The van der Waals surface area contributed by atoms with Gasteiger partial charge in [-0.15, -0.1) is 0 Å². The first-order valence-electron chi connectivity index (χ1n) is 11.2. The number of nitrogens with zero attached hydrogens (tertiary/aromatic N) is 2. The van der Waals surface area contributed by atoms with Crippen LogP contribution in [0.4, 0.5) is 10.5 Å². The van der Waals surface area contributed by atoms with Crippen LogP contribution in [0.3, 0.4) is 0 Å². The lowest BCUT2D eigenvalue weighted by molar-refractivity contribution is -0.121. The van der Waals surface area contributed by atoms with Gasteiger partial charge >= 0.3 is 6.09 Å². The van der Waals surface area contributed by atoms with Gasteiger partial charge in [0.2, 0.25) is 5.91 Å². The fourth-order valence-corrected chi connectivity index (χ4v) is 4.43.